The maximum Gasteiger partial charge on any atom is 0.426 e. The molecule has 1 nitrogen and oxygen atoms in total. The summed E-state index contributed by atoms with van der Waals surface area (Å²) in [5, 5.41) is 9.19. The molecule has 0 heterocycles. The first-order chi connectivity index (χ1) is 8.46. The summed E-state index contributed by atoms with van der Waals surface area (Å²) in [6, 6.07) is 0. The molecule has 2 aliphatic rings. The minimum Gasteiger partial charge on any atom is -0.374 e. The average Bonchev–Trinajstić information content (AvgIpc) is 2.72. The van der Waals surface area contributed by atoms with Crippen molar-refractivity contribution >= 4 is 22.6 Å². The van der Waals surface area contributed by atoms with Crippen LogP contribution in [-0.4, -0.2) is 27.0 Å². The summed E-state index contributed by atoms with van der Waals surface area (Å²) >= 11 is 2.20. The predicted octanol–water partition coefficient (Wildman–Crippen LogP) is 4.08. The third-order valence-corrected chi connectivity index (χ3v) is 5.94. The lowest BCUT2D eigenvalue weighted by Gasteiger charge is -2.36. The maximum atomic E-state index is 12.6. The summed E-state index contributed by atoms with van der Waals surface area (Å²) in [5.41, 5.74) is -4.57. The van der Waals surface area contributed by atoms with Crippen molar-refractivity contribution < 1.29 is 31.4 Å². The van der Waals surface area contributed by atoms with E-state index in [0.29, 0.717) is 23.2 Å². The normalized spacial score (nSPS) is 36.0. The minimum absolute atomic E-state index is 0.122. The molecule has 0 radical (unpaired) electrons. The molecule has 0 spiro atoms. The van der Waals surface area contributed by atoms with E-state index in [1.54, 1.807) is 0 Å². The number of hydrogen-bond acceptors (Lipinski definition) is 1. The molecule has 0 aliphatic heterocycles. The van der Waals surface area contributed by atoms with Crippen molar-refractivity contribution in [3.8, 4) is 0 Å². The van der Waals surface area contributed by atoms with Gasteiger partial charge in [-0.2, -0.15) is 26.3 Å². The lowest BCUT2D eigenvalue weighted by Crippen LogP contribution is -2.58. The van der Waals surface area contributed by atoms with E-state index in [9.17, 15) is 31.4 Å². The van der Waals surface area contributed by atoms with E-state index in [4.69, 9.17) is 0 Å². The highest BCUT2D eigenvalue weighted by molar-refractivity contribution is 14.1. The molecule has 1 N–H and O–H groups in total. The molecule has 0 amide bonds. The SMILES string of the molecule is OC(CC1CC2CC1CC2I)(C(F)(F)F)C(F)(F)F. The average molecular weight is 402 g/mol. The van der Waals surface area contributed by atoms with E-state index in [1.165, 1.54) is 0 Å². The first kappa shape index (κ1) is 15.7. The Bertz CT molecular complexity index is 336. The van der Waals surface area contributed by atoms with Crippen LogP contribution in [0.2, 0.25) is 0 Å². The zero-order chi connectivity index (χ0) is 14.6. The zero-order valence-corrected chi connectivity index (χ0v) is 11.9. The van der Waals surface area contributed by atoms with Gasteiger partial charge in [-0.25, -0.2) is 0 Å². The first-order valence-corrected chi connectivity index (χ1v) is 7.20. The van der Waals surface area contributed by atoms with Gasteiger partial charge in [0.15, 0.2) is 0 Å². The number of aliphatic hydroxyl groups is 1. The lowest BCUT2D eigenvalue weighted by molar-refractivity contribution is -0.373. The number of rotatable bonds is 2. The molecule has 0 saturated heterocycles. The van der Waals surface area contributed by atoms with Crippen LogP contribution in [0.1, 0.15) is 25.7 Å². The Morgan fingerprint density at radius 3 is 1.74 bits per heavy atom. The van der Waals surface area contributed by atoms with Crippen LogP contribution in [0.25, 0.3) is 0 Å². The van der Waals surface area contributed by atoms with Gasteiger partial charge in [0, 0.05) is 3.92 Å². The van der Waals surface area contributed by atoms with Crippen molar-refractivity contribution in [3.63, 3.8) is 0 Å². The van der Waals surface area contributed by atoms with Gasteiger partial charge in [-0.15, -0.1) is 0 Å². The molecular weight excluding hydrogens is 389 g/mol. The highest BCUT2D eigenvalue weighted by atomic mass is 127. The van der Waals surface area contributed by atoms with Gasteiger partial charge in [0.25, 0.3) is 5.60 Å². The van der Waals surface area contributed by atoms with Crippen LogP contribution < -0.4 is 0 Å². The molecular formula is C11H13F6IO. The Kier molecular flexibility index (Phi) is 3.82. The molecule has 2 fully saturated rings. The van der Waals surface area contributed by atoms with Crippen LogP contribution in [0.3, 0.4) is 0 Å². The van der Waals surface area contributed by atoms with E-state index in [1.807, 2.05) is 0 Å². The third-order valence-electron chi connectivity index (χ3n) is 4.41. The van der Waals surface area contributed by atoms with Gasteiger partial charge in [0.1, 0.15) is 0 Å². The number of fused-ring (bicyclic) bond motifs is 2. The first-order valence-electron chi connectivity index (χ1n) is 5.95. The van der Waals surface area contributed by atoms with E-state index in [-0.39, 0.29) is 11.8 Å². The highest BCUT2D eigenvalue weighted by Crippen LogP contribution is 2.56. The highest BCUT2D eigenvalue weighted by Gasteiger charge is 2.71. The van der Waals surface area contributed by atoms with Gasteiger partial charge in [-0.05, 0) is 43.4 Å². The number of alkyl halides is 7. The lowest BCUT2D eigenvalue weighted by atomic mass is 9.79. The Labute approximate surface area is 119 Å². The van der Waals surface area contributed by atoms with Crippen molar-refractivity contribution in [2.75, 3.05) is 0 Å². The minimum atomic E-state index is -5.68. The molecule has 0 aromatic carbocycles. The third kappa shape index (κ3) is 2.58. The van der Waals surface area contributed by atoms with E-state index in [2.05, 4.69) is 22.6 Å². The van der Waals surface area contributed by atoms with Crippen molar-refractivity contribution in [1.82, 2.24) is 0 Å². The second-order valence-electron chi connectivity index (χ2n) is 5.56. The fraction of sp³-hybridized carbons (Fsp3) is 1.00. The summed E-state index contributed by atoms with van der Waals surface area (Å²) in [5.74, 6) is -0.617. The molecule has 2 saturated carbocycles. The summed E-state index contributed by atoms with van der Waals surface area (Å²) in [6.07, 6.45) is -10.9. The van der Waals surface area contributed by atoms with Crippen LogP contribution in [0.5, 0.6) is 0 Å². The van der Waals surface area contributed by atoms with Gasteiger partial charge in [0.05, 0.1) is 0 Å². The second kappa shape index (κ2) is 4.64. The smallest absolute Gasteiger partial charge is 0.374 e. The van der Waals surface area contributed by atoms with Crippen LogP contribution in [0.4, 0.5) is 26.3 Å². The quantitative estimate of drug-likeness (QED) is 0.420. The van der Waals surface area contributed by atoms with Gasteiger partial charge < -0.3 is 5.11 Å². The van der Waals surface area contributed by atoms with Gasteiger partial charge >= 0.3 is 12.4 Å². The molecule has 4 atom stereocenters. The molecule has 19 heavy (non-hydrogen) atoms. The van der Waals surface area contributed by atoms with Crippen molar-refractivity contribution in [3.05, 3.63) is 0 Å². The molecule has 0 aromatic rings. The van der Waals surface area contributed by atoms with Crippen molar-refractivity contribution in [2.45, 2.75) is 47.6 Å². The summed E-state index contributed by atoms with van der Waals surface area (Å²) in [4.78, 5) is 0. The largest absolute Gasteiger partial charge is 0.426 e. The summed E-state index contributed by atoms with van der Waals surface area (Å²) in [6.45, 7) is 0. The van der Waals surface area contributed by atoms with Gasteiger partial charge in [0.2, 0.25) is 0 Å². The second-order valence-corrected chi connectivity index (χ2v) is 7.16. The zero-order valence-electron chi connectivity index (χ0n) is 9.73. The fourth-order valence-corrected chi connectivity index (χ4v) is 4.59. The molecule has 2 aliphatic carbocycles. The summed E-state index contributed by atoms with van der Waals surface area (Å²) < 4.78 is 75.9. The van der Waals surface area contributed by atoms with Crippen molar-refractivity contribution in [2.24, 2.45) is 17.8 Å². The maximum absolute atomic E-state index is 12.6. The standard InChI is InChI=1S/C11H13F6IO/c12-10(13,14)9(19,11(15,16)17)4-7-2-6-1-5(7)3-8(6)18/h5-8,19H,1-4H2. The van der Waals surface area contributed by atoms with Crippen molar-refractivity contribution in [1.29, 1.82) is 0 Å². The monoisotopic (exact) mass is 402 g/mol. The Morgan fingerprint density at radius 1 is 0.895 bits per heavy atom. The van der Waals surface area contributed by atoms with Crippen LogP contribution >= 0.6 is 22.6 Å². The number of halogens is 7. The number of hydrogen-bond donors (Lipinski definition) is 1. The van der Waals surface area contributed by atoms with Crippen LogP contribution in [0, 0.1) is 17.8 Å². The van der Waals surface area contributed by atoms with E-state index >= 15 is 0 Å². The van der Waals surface area contributed by atoms with Crippen LogP contribution in [0.15, 0.2) is 0 Å². The van der Waals surface area contributed by atoms with E-state index < -0.39 is 30.3 Å². The molecule has 112 valence electrons. The Hall–Kier alpha value is 0.270. The fourth-order valence-electron chi connectivity index (χ4n) is 3.35. The Balaban J connectivity index is 2.16. The summed E-state index contributed by atoms with van der Waals surface area (Å²) in [7, 11) is 0. The predicted molar refractivity (Wildman–Crippen MR) is 63.8 cm³/mol. The van der Waals surface area contributed by atoms with E-state index in [0.717, 1.165) is 0 Å². The van der Waals surface area contributed by atoms with Gasteiger partial charge in [-0.3, -0.25) is 0 Å². The van der Waals surface area contributed by atoms with Crippen LogP contribution in [-0.2, 0) is 0 Å². The molecule has 8 heteroatoms. The Morgan fingerprint density at radius 2 is 1.42 bits per heavy atom. The molecule has 2 bridgehead atoms. The topological polar surface area (TPSA) is 20.2 Å². The molecule has 2 rings (SSSR count). The molecule has 0 aromatic heterocycles. The molecule has 4 unspecified atom stereocenters. The van der Waals surface area contributed by atoms with Gasteiger partial charge in [-0.1, -0.05) is 22.6 Å².